The number of carbonyl (C=O) groups is 1. The van der Waals surface area contributed by atoms with Crippen molar-refractivity contribution < 1.29 is 27.8 Å². The largest absolute Gasteiger partial charge is 0.481 e. The first-order chi connectivity index (χ1) is 7.38. The molecule has 0 aliphatic carbocycles. The molecule has 1 atom stereocenters. The molecule has 0 fully saturated rings. The van der Waals surface area contributed by atoms with Crippen molar-refractivity contribution >= 4 is 5.97 Å². The molecule has 0 bridgehead atoms. The van der Waals surface area contributed by atoms with Gasteiger partial charge in [-0.2, -0.15) is 13.2 Å². The van der Waals surface area contributed by atoms with Crippen LogP contribution in [-0.2, 0) is 9.53 Å². The van der Waals surface area contributed by atoms with Gasteiger partial charge in [-0.25, -0.2) is 0 Å². The number of halogens is 3. The summed E-state index contributed by atoms with van der Waals surface area (Å²) in [6.45, 7) is 1.95. The molecule has 0 aromatic carbocycles. The van der Waals surface area contributed by atoms with Gasteiger partial charge in [0.1, 0.15) is 0 Å². The van der Waals surface area contributed by atoms with Gasteiger partial charge in [0.2, 0.25) is 0 Å². The number of aliphatic carboxylic acids is 1. The summed E-state index contributed by atoms with van der Waals surface area (Å²) in [5.41, 5.74) is 0. The Labute approximate surface area is 92.6 Å². The summed E-state index contributed by atoms with van der Waals surface area (Å²) in [6.07, 6.45) is -4.57. The van der Waals surface area contributed by atoms with Crippen LogP contribution in [0.3, 0.4) is 0 Å². The van der Waals surface area contributed by atoms with E-state index < -0.39 is 24.7 Å². The third-order valence-corrected chi connectivity index (χ3v) is 2.04. The average Bonchev–Trinajstić information content (AvgIpc) is 2.13. The molecular weight excluding hydrogens is 225 g/mol. The predicted octanol–water partition coefficient (Wildman–Crippen LogP) is 2.99. The fourth-order valence-corrected chi connectivity index (χ4v) is 1.18. The van der Waals surface area contributed by atoms with E-state index in [1.807, 2.05) is 6.92 Å². The van der Waals surface area contributed by atoms with Crippen LogP contribution in [0.2, 0.25) is 0 Å². The molecule has 0 saturated heterocycles. The molecule has 1 N–H and O–H groups in total. The van der Waals surface area contributed by atoms with Crippen LogP contribution in [-0.4, -0.2) is 30.0 Å². The molecule has 3 nitrogen and oxygen atoms in total. The molecule has 0 amide bonds. The maximum Gasteiger partial charge on any atom is 0.415 e. The Morgan fingerprint density at radius 3 is 2.38 bits per heavy atom. The zero-order valence-electron chi connectivity index (χ0n) is 9.22. The van der Waals surface area contributed by atoms with E-state index in [0.717, 1.165) is 19.3 Å². The van der Waals surface area contributed by atoms with E-state index in [2.05, 4.69) is 4.74 Å². The van der Waals surface area contributed by atoms with E-state index in [9.17, 15) is 18.0 Å². The second-order valence-corrected chi connectivity index (χ2v) is 3.56. The van der Waals surface area contributed by atoms with Crippen LogP contribution in [0.4, 0.5) is 13.2 Å². The lowest BCUT2D eigenvalue weighted by atomic mass is 10.2. The molecule has 0 spiro atoms. The zero-order valence-corrected chi connectivity index (χ0v) is 9.22. The molecule has 0 aliphatic heterocycles. The van der Waals surface area contributed by atoms with E-state index in [4.69, 9.17) is 5.11 Å². The maximum absolute atomic E-state index is 12.3. The zero-order chi connectivity index (χ0) is 12.6. The first-order valence-electron chi connectivity index (χ1n) is 5.28. The van der Waals surface area contributed by atoms with Crippen LogP contribution in [0, 0.1) is 0 Å². The van der Waals surface area contributed by atoms with Gasteiger partial charge in [-0.1, -0.05) is 26.2 Å². The lowest BCUT2D eigenvalue weighted by Crippen LogP contribution is -2.34. The van der Waals surface area contributed by atoms with E-state index in [-0.39, 0.29) is 6.61 Å². The van der Waals surface area contributed by atoms with Gasteiger partial charge in [0, 0.05) is 6.61 Å². The number of hydrogen-bond acceptors (Lipinski definition) is 2. The van der Waals surface area contributed by atoms with Crippen molar-refractivity contribution in [3.8, 4) is 0 Å². The van der Waals surface area contributed by atoms with Gasteiger partial charge in [0.05, 0.1) is 6.42 Å². The van der Waals surface area contributed by atoms with Crippen molar-refractivity contribution in [1.29, 1.82) is 0 Å². The minimum Gasteiger partial charge on any atom is -0.481 e. The second kappa shape index (κ2) is 7.49. The molecule has 0 heterocycles. The summed E-state index contributed by atoms with van der Waals surface area (Å²) in [6, 6.07) is 0. The summed E-state index contributed by atoms with van der Waals surface area (Å²) in [4.78, 5) is 10.2. The van der Waals surface area contributed by atoms with Gasteiger partial charge >= 0.3 is 12.1 Å². The molecule has 16 heavy (non-hydrogen) atoms. The highest BCUT2D eigenvalue weighted by Gasteiger charge is 2.41. The van der Waals surface area contributed by atoms with Gasteiger partial charge in [0.15, 0.2) is 6.10 Å². The van der Waals surface area contributed by atoms with Crippen molar-refractivity contribution in [2.45, 2.75) is 51.3 Å². The van der Waals surface area contributed by atoms with Gasteiger partial charge < -0.3 is 9.84 Å². The van der Waals surface area contributed by atoms with Crippen LogP contribution in [0.1, 0.15) is 39.0 Å². The van der Waals surface area contributed by atoms with Crippen LogP contribution in [0.15, 0.2) is 0 Å². The van der Waals surface area contributed by atoms with Crippen LogP contribution < -0.4 is 0 Å². The van der Waals surface area contributed by atoms with Gasteiger partial charge in [0.25, 0.3) is 0 Å². The maximum atomic E-state index is 12.3. The van der Waals surface area contributed by atoms with Crippen molar-refractivity contribution in [1.82, 2.24) is 0 Å². The predicted molar refractivity (Wildman–Crippen MR) is 52.2 cm³/mol. The van der Waals surface area contributed by atoms with E-state index in [1.165, 1.54) is 0 Å². The number of carboxylic acids is 1. The van der Waals surface area contributed by atoms with E-state index >= 15 is 0 Å². The number of unbranched alkanes of at least 4 members (excludes halogenated alkanes) is 3. The summed E-state index contributed by atoms with van der Waals surface area (Å²) < 4.78 is 41.4. The number of alkyl halides is 3. The van der Waals surface area contributed by atoms with Crippen molar-refractivity contribution in [3.05, 3.63) is 0 Å². The highest BCUT2D eigenvalue weighted by Crippen LogP contribution is 2.25. The molecule has 0 aromatic rings. The summed E-state index contributed by atoms with van der Waals surface area (Å²) in [5.74, 6) is -1.50. The highest BCUT2D eigenvalue weighted by molar-refractivity contribution is 5.67. The third kappa shape index (κ3) is 7.50. The molecule has 96 valence electrons. The van der Waals surface area contributed by atoms with E-state index in [0.29, 0.717) is 6.42 Å². The van der Waals surface area contributed by atoms with Gasteiger partial charge in [-0.15, -0.1) is 0 Å². The Bertz CT molecular complexity index is 204. The molecule has 0 radical (unpaired) electrons. The SMILES string of the molecule is CCCCCCOC(CC(=O)O)C(F)(F)F. The second-order valence-electron chi connectivity index (χ2n) is 3.56. The van der Waals surface area contributed by atoms with Crippen LogP contribution in [0.25, 0.3) is 0 Å². The molecule has 0 saturated carbocycles. The highest BCUT2D eigenvalue weighted by atomic mass is 19.4. The fourth-order valence-electron chi connectivity index (χ4n) is 1.18. The molecule has 6 heteroatoms. The summed E-state index contributed by atoms with van der Waals surface area (Å²) in [5, 5.41) is 8.31. The minimum absolute atomic E-state index is 0.0442. The monoisotopic (exact) mass is 242 g/mol. The Kier molecular flexibility index (Phi) is 7.12. The lowest BCUT2D eigenvalue weighted by molar-refractivity contribution is -0.224. The molecular formula is C10H17F3O3. The molecule has 1 unspecified atom stereocenters. The smallest absolute Gasteiger partial charge is 0.415 e. The van der Waals surface area contributed by atoms with Gasteiger partial charge in [-0.3, -0.25) is 4.79 Å². The Morgan fingerprint density at radius 1 is 1.31 bits per heavy atom. The Balaban J connectivity index is 3.89. The number of rotatable bonds is 8. The van der Waals surface area contributed by atoms with Crippen LogP contribution >= 0.6 is 0 Å². The summed E-state index contributed by atoms with van der Waals surface area (Å²) >= 11 is 0. The van der Waals surface area contributed by atoms with Crippen LogP contribution in [0.5, 0.6) is 0 Å². The van der Waals surface area contributed by atoms with Gasteiger partial charge in [-0.05, 0) is 6.42 Å². The van der Waals surface area contributed by atoms with Crippen molar-refractivity contribution in [2.24, 2.45) is 0 Å². The normalized spacial score (nSPS) is 13.8. The Morgan fingerprint density at radius 2 is 1.94 bits per heavy atom. The van der Waals surface area contributed by atoms with E-state index in [1.54, 1.807) is 0 Å². The number of hydrogen-bond donors (Lipinski definition) is 1. The summed E-state index contributed by atoms with van der Waals surface area (Å²) in [7, 11) is 0. The topological polar surface area (TPSA) is 46.5 Å². The molecule has 0 aliphatic rings. The first-order valence-corrected chi connectivity index (χ1v) is 5.28. The fraction of sp³-hybridized carbons (Fsp3) is 0.900. The van der Waals surface area contributed by atoms with Crippen molar-refractivity contribution in [2.75, 3.05) is 6.61 Å². The quantitative estimate of drug-likeness (QED) is 0.665. The van der Waals surface area contributed by atoms with Crippen molar-refractivity contribution in [3.63, 3.8) is 0 Å². The minimum atomic E-state index is -4.61. The number of ether oxygens (including phenoxy) is 1. The number of carboxylic acid groups (broad SMARTS) is 1. The molecule has 0 aromatic heterocycles. The standard InChI is InChI=1S/C10H17F3O3/c1-2-3-4-5-6-16-8(7-9(14)15)10(11,12)13/h8H,2-7H2,1H3,(H,14,15). The molecule has 0 rings (SSSR count). The average molecular weight is 242 g/mol. The first kappa shape index (κ1) is 15.2. The Hall–Kier alpha value is -0.780. The lowest BCUT2D eigenvalue weighted by Gasteiger charge is -2.19. The third-order valence-electron chi connectivity index (χ3n) is 2.04.